The van der Waals surface area contributed by atoms with Crippen LogP contribution in [0.4, 0.5) is 5.69 Å². The van der Waals surface area contributed by atoms with Crippen molar-refractivity contribution in [1.29, 1.82) is 0 Å². The molecule has 0 aliphatic heterocycles. The first-order chi connectivity index (χ1) is 14.5. The van der Waals surface area contributed by atoms with Crippen LogP contribution in [0.3, 0.4) is 0 Å². The molecule has 0 aliphatic rings. The summed E-state index contributed by atoms with van der Waals surface area (Å²) >= 11 is 11.3. The molecule has 1 amide bonds. The van der Waals surface area contributed by atoms with E-state index in [2.05, 4.69) is 22.5 Å². The smallest absolute Gasteiger partial charge is 0.257 e. The van der Waals surface area contributed by atoms with E-state index in [9.17, 15) is 4.79 Å². The Kier molecular flexibility index (Phi) is 5.79. The molecule has 30 heavy (non-hydrogen) atoms. The van der Waals surface area contributed by atoms with Gasteiger partial charge in [-0.3, -0.25) is 10.1 Å². The Bertz CT molecular complexity index is 1220. The second-order valence-electron chi connectivity index (χ2n) is 6.67. The maximum absolute atomic E-state index is 12.3. The van der Waals surface area contributed by atoms with Crippen molar-refractivity contribution in [1.82, 2.24) is 10.3 Å². The van der Waals surface area contributed by atoms with Gasteiger partial charge in [0.05, 0.1) is 0 Å². The minimum absolute atomic E-state index is 0.226. The SMILES string of the molecule is CCc1ccc(C(=O)NC(=S)Nc2ccc(-c3nc4cc(Cl)ccc4o3)cc2)cc1. The minimum atomic E-state index is -0.253. The highest BCUT2D eigenvalue weighted by molar-refractivity contribution is 7.80. The first kappa shape index (κ1) is 20.1. The van der Waals surface area contributed by atoms with Crippen molar-refractivity contribution in [3.8, 4) is 11.5 Å². The van der Waals surface area contributed by atoms with Gasteiger partial charge in [-0.25, -0.2) is 4.98 Å². The van der Waals surface area contributed by atoms with Crippen LogP contribution in [0.5, 0.6) is 0 Å². The highest BCUT2D eigenvalue weighted by Gasteiger charge is 2.10. The van der Waals surface area contributed by atoms with Gasteiger partial charge >= 0.3 is 0 Å². The Morgan fingerprint density at radius 2 is 1.80 bits per heavy atom. The Hall–Kier alpha value is -3.22. The summed E-state index contributed by atoms with van der Waals surface area (Å²) in [5.41, 5.74) is 4.67. The number of halogens is 1. The van der Waals surface area contributed by atoms with Gasteiger partial charge in [-0.2, -0.15) is 0 Å². The minimum Gasteiger partial charge on any atom is -0.436 e. The van der Waals surface area contributed by atoms with Crippen molar-refractivity contribution >= 4 is 51.6 Å². The van der Waals surface area contributed by atoms with E-state index in [0.29, 0.717) is 27.6 Å². The van der Waals surface area contributed by atoms with E-state index >= 15 is 0 Å². The van der Waals surface area contributed by atoms with Crippen molar-refractivity contribution in [2.75, 3.05) is 5.32 Å². The van der Waals surface area contributed by atoms with Crippen molar-refractivity contribution < 1.29 is 9.21 Å². The highest BCUT2D eigenvalue weighted by atomic mass is 35.5. The summed E-state index contributed by atoms with van der Waals surface area (Å²) in [6, 6.07) is 20.2. The van der Waals surface area contributed by atoms with E-state index in [1.54, 1.807) is 30.3 Å². The predicted molar refractivity (Wildman–Crippen MR) is 124 cm³/mol. The third-order valence-corrected chi connectivity index (χ3v) is 5.03. The Morgan fingerprint density at radius 3 is 2.50 bits per heavy atom. The first-order valence-corrected chi connectivity index (χ1v) is 10.2. The van der Waals surface area contributed by atoms with Gasteiger partial charge in [0.2, 0.25) is 5.89 Å². The predicted octanol–water partition coefficient (Wildman–Crippen LogP) is 5.84. The molecule has 0 atom stereocenters. The molecular formula is C23H18ClN3O2S. The van der Waals surface area contributed by atoms with Crippen LogP contribution in [-0.2, 0) is 6.42 Å². The largest absolute Gasteiger partial charge is 0.436 e. The van der Waals surface area contributed by atoms with E-state index in [0.717, 1.165) is 17.7 Å². The Balaban J connectivity index is 1.40. The molecule has 1 heterocycles. The van der Waals surface area contributed by atoms with E-state index in [-0.39, 0.29) is 11.0 Å². The lowest BCUT2D eigenvalue weighted by Crippen LogP contribution is -2.34. The number of benzene rings is 3. The van der Waals surface area contributed by atoms with Crippen LogP contribution in [-0.4, -0.2) is 16.0 Å². The lowest BCUT2D eigenvalue weighted by molar-refractivity contribution is 0.0977. The van der Waals surface area contributed by atoms with Gasteiger partial charge in [0.1, 0.15) is 5.52 Å². The van der Waals surface area contributed by atoms with Crippen LogP contribution < -0.4 is 10.6 Å². The molecule has 0 aliphatic carbocycles. The number of aryl methyl sites for hydroxylation is 1. The second-order valence-corrected chi connectivity index (χ2v) is 7.51. The maximum Gasteiger partial charge on any atom is 0.257 e. The second kappa shape index (κ2) is 8.65. The van der Waals surface area contributed by atoms with Crippen LogP contribution in [0, 0.1) is 0 Å². The average molecular weight is 436 g/mol. The fourth-order valence-corrected chi connectivity index (χ4v) is 3.33. The molecule has 7 heteroatoms. The molecule has 3 aromatic carbocycles. The molecule has 0 fully saturated rings. The summed E-state index contributed by atoms with van der Waals surface area (Å²) in [4.78, 5) is 16.8. The number of nitrogens with one attached hydrogen (secondary N) is 2. The summed E-state index contributed by atoms with van der Waals surface area (Å²) < 4.78 is 5.78. The number of aromatic nitrogens is 1. The van der Waals surface area contributed by atoms with Gasteiger partial charge in [0, 0.05) is 21.8 Å². The number of carbonyl (C=O) groups is 1. The number of nitrogens with zero attached hydrogens (tertiary/aromatic N) is 1. The molecule has 2 N–H and O–H groups in total. The summed E-state index contributed by atoms with van der Waals surface area (Å²) in [5.74, 6) is 0.252. The number of carbonyl (C=O) groups excluding carboxylic acids is 1. The molecule has 0 spiro atoms. The van der Waals surface area contributed by atoms with Crippen molar-refractivity contribution in [2.45, 2.75) is 13.3 Å². The fourth-order valence-electron chi connectivity index (χ4n) is 2.95. The lowest BCUT2D eigenvalue weighted by Gasteiger charge is -2.10. The van der Waals surface area contributed by atoms with Gasteiger partial charge in [-0.05, 0) is 78.8 Å². The zero-order valence-electron chi connectivity index (χ0n) is 16.1. The molecule has 4 aromatic rings. The van der Waals surface area contributed by atoms with Crippen LogP contribution in [0.15, 0.2) is 71.1 Å². The molecule has 0 unspecified atom stereocenters. The van der Waals surface area contributed by atoms with Gasteiger partial charge in [-0.15, -0.1) is 0 Å². The van der Waals surface area contributed by atoms with Crippen molar-refractivity contribution in [3.63, 3.8) is 0 Å². The number of thiocarbonyl (C=S) groups is 1. The normalized spacial score (nSPS) is 10.7. The van der Waals surface area contributed by atoms with Crippen LogP contribution in [0.1, 0.15) is 22.8 Å². The zero-order chi connectivity index (χ0) is 21.1. The van der Waals surface area contributed by atoms with E-state index < -0.39 is 0 Å². The quantitative estimate of drug-likeness (QED) is 0.394. The van der Waals surface area contributed by atoms with Crippen molar-refractivity contribution in [2.24, 2.45) is 0 Å². The average Bonchev–Trinajstić information content (AvgIpc) is 3.17. The Morgan fingerprint density at radius 1 is 1.07 bits per heavy atom. The third-order valence-electron chi connectivity index (χ3n) is 4.59. The fraction of sp³-hybridized carbons (Fsp3) is 0.0870. The van der Waals surface area contributed by atoms with E-state index in [4.69, 9.17) is 28.2 Å². The number of anilines is 1. The van der Waals surface area contributed by atoms with Gasteiger partial charge in [0.25, 0.3) is 5.91 Å². The van der Waals surface area contributed by atoms with Gasteiger partial charge in [0.15, 0.2) is 10.7 Å². The maximum atomic E-state index is 12.3. The summed E-state index contributed by atoms with van der Waals surface area (Å²) in [7, 11) is 0. The highest BCUT2D eigenvalue weighted by Crippen LogP contribution is 2.27. The summed E-state index contributed by atoms with van der Waals surface area (Å²) in [6.45, 7) is 2.07. The number of rotatable bonds is 4. The summed E-state index contributed by atoms with van der Waals surface area (Å²) in [5, 5.41) is 6.53. The topological polar surface area (TPSA) is 67.2 Å². The third kappa shape index (κ3) is 4.50. The number of hydrogen-bond acceptors (Lipinski definition) is 4. The molecule has 0 radical (unpaired) electrons. The Labute approximate surface area is 184 Å². The number of fused-ring (bicyclic) bond motifs is 1. The molecule has 5 nitrogen and oxygen atoms in total. The standard InChI is InChI=1S/C23H18ClN3O2S/c1-2-14-3-5-15(6-4-14)21(28)27-23(30)25-18-10-7-16(8-11-18)22-26-19-13-17(24)9-12-20(19)29-22/h3-13H,2H2,1H3,(H2,25,27,28,30). The van der Waals surface area contributed by atoms with Gasteiger partial charge in [-0.1, -0.05) is 30.7 Å². The monoisotopic (exact) mass is 435 g/mol. The number of amides is 1. The molecule has 1 aromatic heterocycles. The lowest BCUT2D eigenvalue weighted by atomic mass is 10.1. The molecule has 150 valence electrons. The number of oxazole rings is 1. The van der Waals surface area contributed by atoms with E-state index in [1.807, 2.05) is 36.4 Å². The number of hydrogen-bond donors (Lipinski definition) is 2. The van der Waals surface area contributed by atoms with Crippen LogP contribution in [0.25, 0.3) is 22.6 Å². The molecule has 0 saturated heterocycles. The summed E-state index contributed by atoms with van der Waals surface area (Å²) in [6.07, 6.45) is 0.926. The zero-order valence-corrected chi connectivity index (χ0v) is 17.7. The molecule has 0 saturated carbocycles. The van der Waals surface area contributed by atoms with Crippen LogP contribution in [0.2, 0.25) is 5.02 Å². The first-order valence-electron chi connectivity index (χ1n) is 9.39. The van der Waals surface area contributed by atoms with Crippen LogP contribution >= 0.6 is 23.8 Å². The molecule has 0 bridgehead atoms. The molecule has 4 rings (SSSR count). The van der Waals surface area contributed by atoms with E-state index in [1.165, 1.54) is 5.56 Å². The molecular weight excluding hydrogens is 418 g/mol. The van der Waals surface area contributed by atoms with Crippen molar-refractivity contribution in [3.05, 3.63) is 82.9 Å². The van der Waals surface area contributed by atoms with Gasteiger partial charge < -0.3 is 9.73 Å².